The predicted octanol–water partition coefficient (Wildman–Crippen LogP) is 2.88. The first-order valence-electron chi connectivity index (χ1n) is 9.21. The highest BCUT2D eigenvalue weighted by atomic mass is 35.5. The Bertz CT molecular complexity index is 903. The minimum absolute atomic E-state index is 0.162. The van der Waals surface area contributed by atoms with Crippen molar-refractivity contribution < 1.29 is 29.2 Å². The summed E-state index contributed by atoms with van der Waals surface area (Å²) in [5.41, 5.74) is 2.07. The first kappa shape index (κ1) is 20.2. The SMILES string of the molecule is CCc1sc(Cc2cc3c(cc2Cl)CO[C@]32O[C@H](C)[C@@H](O)[C@H](O)[C@H]2O)cc1F. The molecule has 4 rings (SSSR count). The lowest BCUT2D eigenvalue weighted by atomic mass is 9.87. The molecule has 1 spiro atoms. The molecule has 28 heavy (non-hydrogen) atoms. The first-order chi connectivity index (χ1) is 13.3. The van der Waals surface area contributed by atoms with Gasteiger partial charge in [0.05, 0.1) is 12.7 Å². The molecule has 1 aromatic heterocycles. The van der Waals surface area contributed by atoms with E-state index in [9.17, 15) is 19.7 Å². The van der Waals surface area contributed by atoms with Crippen LogP contribution in [-0.4, -0.2) is 39.7 Å². The van der Waals surface area contributed by atoms with Gasteiger partial charge in [-0.05, 0) is 42.7 Å². The summed E-state index contributed by atoms with van der Waals surface area (Å²) in [7, 11) is 0. The molecule has 1 fully saturated rings. The van der Waals surface area contributed by atoms with E-state index in [0.29, 0.717) is 28.3 Å². The van der Waals surface area contributed by atoms with Gasteiger partial charge in [-0.1, -0.05) is 18.5 Å². The van der Waals surface area contributed by atoms with Gasteiger partial charge in [-0.2, -0.15) is 0 Å². The lowest BCUT2D eigenvalue weighted by Gasteiger charge is -2.45. The maximum absolute atomic E-state index is 13.9. The highest BCUT2D eigenvalue weighted by Gasteiger charge is 2.57. The number of aryl methyl sites for hydroxylation is 1. The molecule has 2 aromatic rings. The summed E-state index contributed by atoms with van der Waals surface area (Å²) in [6, 6.07) is 5.06. The molecule has 2 aliphatic rings. The predicted molar refractivity (Wildman–Crippen MR) is 103 cm³/mol. The van der Waals surface area contributed by atoms with E-state index < -0.39 is 30.2 Å². The number of ether oxygens (including phenoxy) is 2. The van der Waals surface area contributed by atoms with Gasteiger partial charge in [0.2, 0.25) is 5.79 Å². The molecule has 5 atom stereocenters. The van der Waals surface area contributed by atoms with E-state index in [1.807, 2.05) is 6.92 Å². The van der Waals surface area contributed by atoms with Crippen LogP contribution < -0.4 is 0 Å². The molecule has 0 radical (unpaired) electrons. The number of fused-ring (bicyclic) bond motifs is 2. The normalized spacial score (nSPS) is 32.1. The van der Waals surface area contributed by atoms with Crippen molar-refractivity contribution in [3.8, 4) is 0 Å². The number of hydrogen-bond acceptors (Lipinski definition) is 6. The van der Waals surface area contributed by atoms with Crippen LogP contribution in [0.2, 0.25) is 5.02 Å². The van der Waals surface area contributed by atoms with Crippen molar-refractivity contribution in [1.29, 1.82) is 0 Å². The maximum Gasteiger partial charge on any atom is 0.225 e. The second kappa shape index (κ2) is 7.32. The molecule has 0 unspecified atom stereocenters. The fraction of sp³-hybridized carbons (Fsp3) is 0.500. The largest absolute Gasteiger partial charge is 0.388 e. The van der Waals surface area contributed by atoms with Crippen molar-refractivity contribution in [1.82, 2.24) is 0 Å². The van der Waals surface area contributed by atoms with Gasteiger partial charge in [-0.25, -0.2) is 4.39 Å². The van der Waals surface area contributed by atoms with Crippen molar-refractivity contribution in [3.05, 3.63) is 55.5 Å². The zero-order valence-electron chi connectivity index (χ0n) is 15.5. The van der Waals surface area contributed by atoms with Crippen LogP contribution in [0.15, 0.2) is 18.2 Å². The average Bonchev–Trinajstić information content (AvgIpc) is 3.19. The summed E-state index contributed by atoms with van der Waals surface area (Å²) < 4.78 is 25.6. The molecular weight excluding hydrogens is 407 g/mol. The molecular formula is C20H22ClFO5S. The summed E-state index contributed by atoms with van der Waals surface area (Å²) in [5, 5.41) is 31.4. The van der Waals surface area contributed by atoms with Gasteiger partial charge < -0.3 is 24.8 Å². The number of halogens is 2. The summed E-state index contributed by atoms with van der Waals surface area (Å²) in [6.07, 6.45) is -3.76. The number of hydrogen-bond donors (Lipinski definition) is 3. The van der Waals surface area contributed by atoms with E-state index in [0.717, 1.165) is 16.0 Å². The van der Waals surface area contributed by atoms with Gasteiger partial charge in [0, 0.05) is 26.8 Å². The lowest BCUT2D eigenvalue weighted by molar-refractivity contribution is -0.362. The standard InChI is InChI=1S/C20H22ClFO5S/c1-3-16-15(22)7-12(28-16)4-10-5-13-11(6-14(10)21)8-26-20(13)19(25)18(24)17(23)9(2)27-20/h5-7,9,17-19,23-25H,3-4,8H2,1-2H3/t9-,17-,18+,19-,20+/m1/s1. The number of aliphatic hydroxyl groups is 3. The monoisotopic (exact) mass is 428 g/mol. The maximum atomic E-state index is 13.9. The van der Waals surface area contributed by atoms with Crippen molar-refractivity contribution in [2.24, 2.45) is 0 Å². The van der Waals surface area contributed by atoms with E-state index in [1.165, 1.54) is 17.4 Å². The van der Waals surface area contributed by atoms with Gasteiger partial charge >= 0.3 is 0 Å². The molecule has 0 aliphatic carbocycles. The zero-order valence-corrected chi connectivity index (χ0v) is 17.1. The highest BCUT2D eigenvalue weighted by molar-refractivity contribution is 7.12. The number of aliphatic hydroxyl groups excluding tert-OH is 3. The van der Waals surface area contributed by atoms with E-state index in [1.54, 1.807) is 19.1 Å². The Morgan fingerprint density at radius 1 is 1.25 bits per heavy atom. The van der Waals surface area contributed by atoms with Crippen LogP contribution in [0.1, 0.15) is 40.3 Å². The van der Waals surface area contributed by atoms with E-state index >= 15 is 0 Å². The molecule has 0 bridgehead atoms. The van der Waals surface area contributed by atoms with Crippen molar-refractivity contribution in [3.63, 3.8) is 0 Å². The Kier molecular flexibility index (Phi) is 5.29. The topological polar surface area (TPSA) is 79.2 Å². The third-order valence-electron chi connectivity index (χ3n) is 5.49. The van der Waals surface area contributed by atoms with E-state index in [2.05, 4.69) is 0 Å². The van der Waals surface area contributed by atoms with Crippen LogP contribution in [0.25, 0.3) is 0 Å². The van der Waals surface area contributed by atoms with Crippen LogP contribution in [0.4, 0.5) is 4.39 Å². The molecule has 1 aromatic carbocycles. The van der Waals surface area contributed by atoms with Crippen molar-refractivity contribution in [2.45, 2.75) is 63.5 Å². The fourth-order valence-electron chi connectivity index (χ4n) is 3.92. The minimum Gasteiger partial charge on any atom is -0.388 e. The van der Waals surface area contributed by atoms with Gasteiger partial charge in [-0.15, -0.1) is 11.3 Å². The third-order valence-corrected chi connectivity index (χ3v) is 7.09. The molecule has 3 heterocycles. The van der Waals surface area contributed by atoms with Crippen molar-refractivity contribution >= 4 is 22.9 Å². The van der Waals surface area contributed by atoms with Crippen LogP contribution in [0.3, 0.4) is 0 Å². The van der Waals surface area contributed by atoms with Gasteiger partial charge in [0.1, 0.15) is 24.1 Å². The van der Waals surface area contributed by atoms with Crippen molar-refractivity contribution in [2.75, 3.05) is 0 Å². The smallest absolute Gasteiger partial charge is 0.225 e. The van der Waals surface area contributed by atoms with Crippen LogP contribution >= 0.6 is 22.9 Å². The number of thiophene rings is 1. The van der Waals surface area contributed by atoms with Gasteiger partial charge in [0.25, 0.3) is 0 Å². The molecule has 152 valence electrons. The van der Waals surface area contributed by atoms with Crippen LogP contribution in [0, 0.1) is 5.82 Å². The summed E-state index contributed by atoms with van der Waals surface area (Å²) in [6.45, 7) is 3.68. The molecule has 2 aliphatic heterocycles. The molecule has 0 amide bonds. The van der Waals surface area contributed by atoms with Crippen LogP contribution in [0.5, 0.6) is 0 Å². The first-order valence-corrected chi connectivity index (χ1v) is 10.4. The average molecular weight is 429 g/mol. The second-order valence-corrected chi connectivity index (χ2v) is 8.95. The Balaban J connectivity index is 1.73. The molecule has 3 N–H and O–H groups in total. The quantitative estimate of drug-likeness (QED) is 0.700. The molecule has 8 heteroatoms. The summed E-state index contributed by atoms with van der Waals surface area (Å²) >= 11 is 7.85. The molecule has 0 saturated carbocycles. The third kappa shape index (κ3) is 3.10. The zero-order chi connectivity index (χ0) is 20.2. The second-order valence-electron chi connectivity index (χ2n) is 7.32. The highest BCUT2D eigenvalue weighted by Crippen LogP contribution is 2.47. The number of rotatable bonds is 3. The minimum atomic E-state index is -1.57. The number of benzene rings is 1. The lowest BCUT2D eigenvalue weighted by Crippen LogP contribution is -2.62. The van der Waals surface area contributed by atoms with Gasteiger partial charge in [0.15, 0.2) is 0 Å². The van der Waals surface area contributed by atoms with Crippen LogP contribution in [-0.2, 0) is 34.7 Å². The van der Waals surface area contributed by atoms with E-state index in [-0.39, 0.29) is 12.4 Å². The summed E-state index contributed by atoms with van der Waals surface area (Å²) in [5.74, 6) is -1.78. The molecule has 5 nitrogen and oxygen atoms in total. The summed E-state index contributed by atoms with van der Waals surface area (Å²) in [4.78, 5) is 1.54. The Hall–Kier alpha value is -1.06. The Morgan fingerprint density at radius 2 is 2.00 bits per heavy atom. The van der Waals surface area contributed by atoms with E-state index in [4.69, 9.17) is 21.1 Å². The fourth-order valence-corrected chi connectivity index (χ4v) is 5.18. The van der Waals surface area contributed by atoms with Gasteiger partial charge in [-0.3, -0.25) is 0 Å². The Labute approximate surface area is 171 Å². The Morgan fingerprint density at radius 3 is 2.68 bits per heavy atom. The molecule has 1 saturated heterocycles.